The van der Waals surface area contributed by atoms with E-state index in [0.717, 1.165) is 23.1 Å². The lowest BCUT2D eigenvalue weighted by Gasteiger charge is -2.25. The maximum absolute atomic E-state index is 4.76. The summed E-state index contributed by atoms with van der Waals surface area (Å²) in [6.45, 7) is 3.30. The van der Waals surface area contributed by atoms with Crippen LogP contribution in [0.15, 0.2) is 23.2 Å². The van der Waals surface area contributed by atoms with Gasteiger partial charge in [0.15, 0.2) is 0 Å². The first-order valence-corrected chi connectivity index (χ1v) is 6.59. The second-order valence-corrected chi connectivity index (χ2v) is 6.04. The predicted molar refractivity (Wildman–Crippen MR) is 79.7 cm³/mol. The average Bonchev–Trinajstić information content (AvgIpc) is 2.62. The fourth-order valence-electron chi connectivity index (χ4n) is 2.55. The number of hydrogen-bond donors (Lipinski definition) is 0. The van der Waals surface area contributed by atoms with Crippen molar-refractivity contribution in [2.45, 2.75) is 19.8 Å². The highest BCUT2D eigenvalue weighted by molar-refractivity contribution is 5.86. The van der Waals surface area contributed by atoms with Crippen LogP contribution in [0.4, 0.5) is 11.4 Å². The molecule has 1 saturated heterocycles. The monoisotopic (exact) mass is 246 g/mol. The van der Waals surface area contributed by atoms with E-state index in [1.54, 1.807) is 0 Å². The number of likely N-dealkylation sites (tertiary alicyclic amines) is 1. The first kappa shape index (κ1) is 13.1. The Balaban J connectivity index is 2.30. The molecule has 0 atom stereocenters. The molecular weight excluding hydrogens is 222 g/mol. The lowest BCUT2D eigenvalue weighted by Crippen LogP contribution is -2.35. The van der Waals surface area contributed by atoms with Crippen molar-refractivity contribution in [2.75, 3.05) is 34.7 Å². The average molecular weight is 246 g/mol. The minimum Gasteiger partial charge on any atom is -0.363 e. The molecule has 0 aromatic heterocycles. The van der Waals surface area contributed by atoms with Crippen LogP contribution < -0.4 is 4.48 Å². The van der Waals surface area contributed by atoms with Crippen molar-refractivity contribution in [1.82, 2.24) is 9.38 Å². The van der Waals surface area contributed by atoms with Crippen molar-refractivity contribution in [3.63, 3.8) is 0 Å². The van der Waals surface area contributed by atoms with Crippen LogP contribution in [0.5, 0.6) is 0 Å². The minimum absolute atomic E-state index is 0.850. The molecule has 1 aliphatic rings. The van der Waals surface area contributed by atoms with Gasteiger partial charge in [0.25, 0.3) is 0 Å². The van der Waals surface area contributed by atoms with E-state index in [1.807, 2.05) is 0 Å². The summed E-state index contributed by atoms with van der Waals surface area (Å²) in [6, 6.07) is 6.52. The van der Waals surface area contributed by atoms with Gasteiger partial charge in [-0.15, -0.1) is 0 Å². The van der Waals surface area contributed by atoms with Crippen molar-refractivity contribution >= 4 is 17.2 Å². The van der Waals surface area contributed by atoms with E-state index in [-0.39, 0.29) is 0 Å². The molecule has 0 saturated carbocycles. The van der Waals surface area contributed by atoms with Gasteiger partial charge in [-0.25, -0.2) is 4.99 Å². The normalized spacial score (nSPS) is 18.7. The topological polar surface area (TPSA) is 15.6 Å². The maximum atomic E-state index is 4.76. The number of hydrogen-bond acceptors (Lipinski definition) is 1. The molecule has 1 heterocycles. The van der Waals surface area contributed by atoms with E-state index >= 15 is 0 Å². The zero-order valence-electron chi connectivity index (χ0n) is 12.2. The number of rotatable bonds is 2. The molecule has 1 fully saturated rings. The lowest BCUT2D eigenvalue weighted by atomic mass is 10.1. The zero-order valence-corrected chi connectivity index (χ0v) is 12.2. The zero-order chi connectivity index (χ0) is 13.3. The summed E-state index contributed by atoms with van der Waals surface area (Å²) in [7, 11) is 8.70. The minimum atomic E-state index is 0.850. The third-order valence-corrected chi connectivity index (χ3v) is 3.50. The summed E-state index contributed by atoms with van der Waals surface area (Å²) in [4.78, 5) is 7.01. The summed E-state index contributed by atoms with van der Waals surface area (Å²) in [5.41, 5.74) is 3.73. The molecule has 0 spiro atoms. The fraction of sp³-hybridized carbons (Fsp3) is 0.533. The molecule has 2 rings (SSSR count). The number of amidine groups is 1. The van der Waals surface area contributed by atoms with Crippen molar-refractivity contribution < 1.29 is 0 Å². The summed E-state index contributed by atoms with van der Waals surface area (Å²) < 4.78 is 0.850. The molecule has 1 aromatic rings. The van der Waals surface area contributed by atoms with E-state index in [9.17, 15) is 0 Å². The summed E-state index contributed by atoms with van der Waals surface area (Å²) in [5, 5.41) is 0. The van der Waals surface area contributed by atoms with Gasteiger partial charge in [-0.05, 0) is 25.5 Å². The summed E-state index contributed by atoms with van der Waals surface area (Å²) >= 11 is 0. The SMILES string of the molecule is Cc1cc(N=C2CCCN2C)ccc1[N+](C)(C)C. The van der Waals surface area contributed by atoms with Crippen LogP contribution in [0.3, 0.4) is 0 Å². The Bertz CT molecular complexity index is 469. The number of quaternary nitrogens is 1. The first-order chi connectivity index (χ1) is 8.38. The molecule has 1 aliphatic heterocycles. The molecule has 1 aromatic carbocycles. The molecule has 0 unspecified atom stereocenters. The second kappa shape index (κ2) is 4.73. The highest BCUT2D eigenvalue weighted by Crippen LogP contribution is 2.27. The Morgan fingerprint density at radius 2 is 1.94 bits per heavy atom. The van der Waals surface area contributed by atoms with Gasteiger partial charge in [-0.1, -0.05) is 0 Å². The number of nitrogens with zero attached hydrogens (tertiary/aromatic N) is 3. The van der Waals surface area contributed by atoms with E-state index in [0.29, 0.717) is 0 Å². The third kappa shape index (κ3) is 2.72. The Hall–Kier alpha value is -1.35. The second-order valence-electron chi connectivity index (χ2n) is 6.04. The van der Waals surface area contributed by atoms with Crippen molar-refractivity contribution in [2.24, 2.45) is 4.99 Å². The van der Waals surface area contributed by atoms with Crippen LogP contribution in [0.1, 0.15) is 18.4 Å². The third-order valence-electron chi connectivity index (χ3n) is 3.50. The highest BCUT2D eigenvalue weighted by atomic mass is 15.3. The molecule has 0 radical (unpaired) electrons. The van der Waals surface area contributed by atoms with Crippen LogP contribution in [0.2, 0.25) is 0 Å². The molecule has 98 valence electrons. The molecule has 3 nitrogen and oxygen atoms in total. The number of aryl methyl sites for hydroxylation is 1. The van der Waals surface area contributed by atoms with Gasteiger partial charge in [0.05, 0.1) is 26.8 Å². The molecule has 0 bridgehead atoms. The van der Waals surface area contributed by atoms with Gasteiger partial charge in [0.2, 0.25) is 0 Å². The van der Waals surface area contributed by atoms with E-state index in [4.69, 9.17) is 4.99 Å². The van der Waals surface area contributed by atoms with Crippen LogP contribution in [0.25, 0.3) is 0 Å². The van der Waals surface area contributed by atoms with Gasteiger partial charge in [-0.2, -0.15) is 0 Å². The van der Waals surface area contributed by atoms with Gasteiger partial charge >= 0.3 is 0 Å². The Morgan fingerprint density at radius 1 is 1.22 bits per heavy atom. The van der Waals surface area contributed by atoms with Crippen molar-refractivity contribution in [3.05, 3.63) is 23.8 Å². The van der Waals surface area contributed by atoms with Crippen LogP contribution in [0, 0.1) is 6.92 Å². The van der Waals surface area contributed by atoms with Crippen molar-refractivity contribution in [1.29, 1.82) is 0 Å². The largest absolute Gasteiger partial charge is 0.363 e. The maximum Gasteiger partial charge on any atom is 0.135 e. The lowest BCUT2D eigenvalue weighted by molar-refractivity contribution is 0.484. The van der Waals surface area contributed by atoms with Crippen LogP contribution in [-0.2, 0) is 0 Å². The summed E-state index contributed by atoms with van der Waals surface area (Å²) in [6.07, 6.45) is 2.33. The van der Waals surface area contributed by atoms with E-state index < -0.39 is 0 Å². The summed E-state index contributed by atoms with van der Waals surface area (Å²) in [5.74, 6) is 1.22. The fourth-order valence-corrected chi connectivity index (χ4v) is 2.55. The van der Waals surface area contributed by atoms with Crippen molar-refractivity contribution in [3.8, 4) is 0 Å². The first-order valence-electron chi connectivity index (χ1n) is 6.59. The van der Waals surface area contributed by atoms with Gasteiger partial charge < -0.3 is 4.90 Å². The number of aliphatic imine (C=N–C) groups is 1. The van der Waals surface area contributed by atoms with E-state index in [2.05, 4.69) is 58.2 Å². The molecule has 3 heteroatoms. The number of benzene rings is 1. The Labute approximate surface area is 110 Å². The quantitative estimate of drug-likeness (QED) is 0.733. The molecule has 0 aliphatic carbocycles. The van der Waals surface area contributed by atoms with Crippen LogP contribution >= 0.6 is 0 Å². The molecule has 18 heavy (non-hydrogen) atoms. The molecule has 0 N–H and O–H groups in total. The van der Waals surface area contributed by atoms with Gasteiger partial charge in [0.1, 0.15) is 11.5 Å². The van der Waals surface area contributed by atoms with Gasteiger partial charge in [-0.3, -0.25) is 4.48 Å². The standard InChI is InChI=1S/C15H24N3/c1-12-11-13(8-9-14(12)18(3,4)5)16-15-7-6-10-17(15)2/h8-9,11H,6-7,10H2,1-5H3/q+1. The van der Waals surface area contributed by atoms with Crippen LogP contribution in [-0.4, -0.2) is 45.5 Å². The Morgan fingerprint density at radius 3 is 2.44 bits per heavy atom. The van der Waals surface area contributed by atoms with E-state index in [1.165, 1.54) is 23.5 Å². The smallest absolute Gasteiger partial charge is 0.135 e. The molecular formula is C15H24N3+. The Kier molecular flexibility index (Phi) is 3.44. The molecule has 0 amide bonds. The predicted octanol–water partition coefficient (Wildman–Crippen LogP) is 2.95. The highest BCUT2D eigenvalue weighted by Gasteiger charge is 2.17. The van der Waals surface area contributed by atoms with Gasteiger partial charge in [0, 0.05) is 31.6 Å².